The summed E-state index contributed by atoms with van der Waals surface area (Å²) in [5, 5.41) is 26.8. The molecule has 0 heterocycles. The van der Waals surface area contributed by atoms with Crippen LogP contribution in [0.25, 0.3) is 54.6 Å². The highest BCUT2D eigenvalue weighted by Gasteiger charge is 2.30. The van der Waals surface area contributed by atoms with Crippen LogP contribution < -0.4 is 9.80 Å². The van der Waals surface area contributed by atoms with Crippen molar-refractivity contribution < 1.29 is 0 Å². The fourth-order valence-electron chi connectivity index (χ4n) is 11.3. The first-order chi connectivity index (χ1) is 37.1. The van der Waals surface area contributed by atoms with Gasteiger partial charge in [0.25, 0.3) is 0 Å². The third kappa shape index (κ3) is 8.28. The van der Waals surface area contributed by atoms with Gasteiger partial charge in [0, 0.05) is 44.1 Å². The predicted octanol–water partition coefficient (Wildman–Crippen LogP) is 19.3. The van der Waals surface area contributed by atoms with E-state index in [4.69, 9.17) is 0 Å². The summed E-state index contributed by atoms with van der Waals surface area (Å²) >= 11 is 0. The quantitative estimate of drug-likeness (QED) is 0.114. The van der Waals surface area contributed by atoms with E-state index < -0.39 is 0 Å². The van der Waals surface area contributed by atoms with Crippen LogP contribution in [0.2, 0.25) is 0 Å². The molecule has 0 aliphatic rings. The van der Waals surface area contributed by atoms with Crippen LogP contribution in [0.5, 0.6) is 0 Å². The fraction of sp³-hybridized carbons (Fsp3) is 0.0833. The molecule has 76 heavy (non-hydrogen) atoms. The van der Waals surface area contributed by atoms with E-state index in [9.17, 15) is 10.5 Å². The van der Waals surface area contributed by atoms with E-state index in [0.29, 0.717) is 11.1 Å². The third-order valence-corrected chi connectivity index (χ3v) is 15.7. The van der Waals surface area contributed by atoms with Gasteiger partial charge in [0.15, 0.2) is 0 Å². The molecule has 0 atom stereocenters. The average molecular weight is 975 g/mol. The highest BCUT2D eigenvalue weighted by atomic mass is 15.2. The monoisotopic (exact) mass is 974 g/mol. The number of hydrogen-bond acceptors (Lipinski definition) is 4. The van der Waals surface area contributed by atoms with Crippen LogP contribution in [0.3, 0.4) is 0 Å². The molecule has 0 amide bonds. The van der Waals surface area contributed by atoms with Crippen molar-refractivity contribution in [2.45, 2.75) is 38.5 Å². The van der Waals surface area contributed by atoms with Crippen LogP contribution in [0.1, 0.15) is 61.1 Å². The zero-order chi connectivity index (χ0) is 52.0. The second kappa shape index (κ2) is 19.3. The van der Waals surface area contributed by atoms with Crippen molar-refractivity contribution in [1.82, 2.24) is 0 Å². The second-order valence-corrected chi connectivity index (χ2v) is 20.8. The lowest BCUT2D eigenvalue weighted by molar-refractivity contribution is 0.641. The Morgan fingerprint density at radius 3 is 1.00 bits per heavy atom. The molecule has 0 saturated heterocycles. The van der Waals surface area contributed by atoms with E-state index in [1.807, 2.05) is 24.3 Å². The average Bonchev–Trinajstić information content (AvgIpc) is 3.61. The largest absolute Gasteiger partial charge is 0.309 e. The minimum absolute atomic E-state index is 0.276. The van der Waals surface area contributed by atoms with Gasteiger partial charge in [-0.15, -0.1) is 0 Å². The van der Waals surface area contributed by atoms with E-state index in [0.717, 1.165) is 77.9 Å². The molecule has 12 rings (SSSR count). The predicted molar refractivity (Wildman–Crippen MR) is 317 cm³/mol. The Morgan fingerprint density at radius 2 is 0.645 bits per heavy atom. The van der Waals surface area contributed by atoms with Crippen molar-refractivity contribution in [2.24, 2.45) is 0 Å². The molecule has 4 nitrogen and oxygen atoms in total. The zero-order valence-electron chi connectivity index (χ0n) is 43.0. The van der Waals surface area contributed by atoms with Gasteiger partial charge in [0.2, 0.25) is 0 Å². The van der Waals surface area contributed by atoms with E-state index in [2.05, 4.69) is 280 Å². The first-order valence-electron chi connectivity index (χ1n) is 25.9. The zero-order valence-corrected chi connectivity index (χ0v) is 43.0. The number of nitrogens with zero attached hydrogens (tertiary/aromatic N) is 4. The molecule has 0 bridgehead atoms. The summed E-state index contributed by atoms with van der Waals surface area (Å²) in [6.45, 7) is 9.19. The van der Waals surface area contributed by atoms with Gasteiger partial charge in [-0.3, -0.25) is 0 Å². The van der Waals surface area contributed by atoms with Gasteiger partial charge in [-0.2, -0.15) is 10.5 Å². The second-order valence-electron chi connectivity index (χ2n) is 20.8. The summed E-state index contributed by atoms with van der Waals surface area (Å²) in [6.07, 6.45) is 0. The minimum atomic E-state index is -0.276. The fourth-order valence-corrected chi connectivity index (χ4v) is 11.3. The Kier molecular flexibility index (Phi) is 12.0. The van der Waals surface area contributed by atoms with Gasteiger partial charge < -0.3 is 9.80 Å². The highest BCUT2D eigenvalue weighted by molar-refractivity contribution is 6.28. The molecule has 12 aromatic rings. The number of nitriles is 2. The highest BCUT2D eigenvalue weighted by Crippen LogP contribution is 2.51. The van der Waals surface area contributed by atoms with E-state index in [1.165, 1.54) is 33.0 Å². The molecule has 0 aromatic heterocycles. The smallest absolute Gasteiger partial charge is 0.0991 e. The molecule has 0 unspecified atom stereocenters. The van der Waals surface area contributed by atoms with Crippen molar-refractivity contribution in [2.75, 3.05) is 9.80 Å². The molecule has 0 aliphatic carbocycles. The summed E-state index contributed by atoms with van der Waals surface area (Å²) in [5.41, 5.74) is 16.0. The van der Waals surface area contributed by atoms with E-state index in [1.54, 1.807) is 0 Å². The molecular weight excluding hydrogens is 921 g/mol. The van der Waals surface area contributed by atoms with E-state index in [-0.39, 0.29) is 10.8 Å². The Hall–Kier alpha value is -9.74. The SMILES string of the molecule is CC(C)(c1ccccc1)c1ccc(N(c2ccc(C#N)cc2)c2ccc3ccc4c(N(c5ccc(C#N)cc5)c5ccc(C(C)(C)c6ccccc6)cc5-c5ccccc5)ccc5ccc2c3c54)c(-c2ccccc2)c1. The van der Waals surface area contributed by atoms with Crippen LogP contribution in [0.15, 0.2) is 255 Å². The molecule has 0 spiro atoms. The summed E-state index contributed by atoms with van der Waals surface area (Å²) < 4.78 is 0. The number of benzene rings is 12. The number of hydrogen-bond donors (Lipinski definition) is 0. The van der Waals surface area contributed by atoms with Crippen molar-refractivity contribution in [3.8, 4) is 34.4 Å². The maximum absolute atomic E-state index is 10.0. The van der Waals surface area contributed by atoms with Gasteiger partial charge in [-0.1, -0.05) is 198 Å². The van der Waals surface area contributed by atoms with Gasteiger partial charge in [-0.05, 0) is 140 Å². The summed E-state index contributed by atoms with van der Waals surface area (Å²) in [5.74, 6) is 0. The number of rotatable bonds is 12. The van der Waals surface area contributed by atoms with Crippen molar-refractivity contribution >= 4 is 66.4 Å². The molecule has 0 saturated carbocycles. The van der Waals surface area contributed by atoms with Gasteiger partial charge in [0.05, 0.1) is 46.0 Å². The standard InChI is InChI=1S/C72H54N4/c1-71(2,55-21-13-7-14-22-55)57-33-43-67(63(45-57)51-17-9-5-10-18-51)75(59-35-25-49(47-73)26-36-59)65-41-31-53-30-40-62-66(42-32-54-29-39-61(65)69(53)70(54)62)76(60-37-27-50(48-74)28-38-60)68-44-34-58(46-64(68)52-19-11-6-12-20-52)72(3,4)56-23-15-8-16-24-56/h5-46H,1-4H3. The Morgan fingerprint density at radius 1 is 0.316 bits per heavy atom. The lowest BCUT2D eigenvalue weighted by Gasteiger charge is -2.33. The van der Waals surface area contributed by atoms with Crippen LogP contribution in [-0.4, -0.2) is 0 Å². The molecular formula is C72H54N4. The molecule has 362 valence electrons. The number of anilines is 6. The van der Waals surface area contributed by atoms with Crippen LogP contribution in [0, 0.1) is 22.7 Å². The molecule has 0 aliphatic heterocycles. The molecule has 0 radical (unpaired) electrons. The van der Waals surface area contributed by atoms with E-state index >= 15 is 0 Å². The summed E-state index contributed by atoms with van der Waals surface area (Å²) in [6, 6.07) is 95.4. The van der Waals surface area contributed by atoms with Gasteiger partial charge in [0.1, 0.15) is 0 Å². The van der Waals surface area contributed by atoms with Gasteiger partial charge >= 0.3 is 0 Å². The summed E-state index contributed by atoms with van der Waals surface area (Å²) in [4.78, 5) is 4.76. The van der Waals surface area contributed by atoms with Crippen LogP contribution in [-0.2, 0) is 10.8 Å². The summed E-state index contributed by atoms with van der Waals surface area (Å²) in [7, 11) is 0. The van der Waals surface area contributed by atoms with Gasteiger partial charge in [-0.25, -0.2) is 0 Å². The maximum atomic E-state index is 10.0. The van der Waals surface area contributed by atoms with Crippen molar-refractivity contribution in [1.29, 1.82) is 10.5 Å². The Balaban J connectivity index is 1.10. The molecule has 0 N–H and O–H groups in total. The molecule has 4 heteroatoms. The molecule has 12 aromatic carbocycles. The third-order valence-electron chi connectivity index (χ3n) is 15.7. The lowest BCUT2D eigenvalue weighted by atomic mass is 9.77. The maximum Gasteiger partial charge on any atom is 0.0991 e. The Bertz CT molecular complexity index is 3880. The first-order valence-corrected chi connectivity index (χ1v) is 25.9. The Labute approximate surface area is 445 Å². The van der Waals surface area contributed by atoms with Crippen molar-refractivity contribution in [3.63, 3.8) is 0 Å². The lowest BCUT2D eigenvalue weighted by Crippen LogP contribution is -2.20. The normalized spacial score (nSPS) is 11.7. The molecule has 0 fully saturated rings. The van der Waals surface area contributed by atoms with Crippen LogP contribution >= 0.6 is 0 Å². The van der Waals surface area contributed by atoms with Crippen LogP contribution in [0.4, 0.5) is 34.1 Å². The first kappa shape index (κ1) is 47.3. The van der Waals surface area contributed by atoms with Crippen molar-refractivity contribution in [3.05, 3.63) is 288 Å². The minimum Gasteiger partial charge on any atom is -0.309 e. The topological polar surface area (TPSA) is 54.1 Å².